The SMILES string of the molecule is N=C(c1ccc(Br)c(O)c1)c1c(N)ncnc1NC1Cc2ccccc2C1. The molecule has 0 atom stereocenters. The van der Waals surface area contributed by atoms with Crippen molar-refractivity contribution in [1.82, 2.24) is 9.97 Å². The van der Waals surface area contributed by atoms with E-state index < -0.39 is 0 Å². The second-order valence-corrected chi connectivity index (χ2v) is 7.40. The number of nitrogens with zero attached hydrogens (tertiary/aromatic N) is 2. The van der Waals surface area contributed by atoms with E-state index in [4.69, 9.17) is 11.1 Å². The van der Waals surface area contributed by atoms with Crippen LogP contribution >= 0.6 is 15.9 Å². The Hall–Kier alpha value is -2.93. The third-order valence-electron chi connectivity index (χ3n) is 4.75. The van der Waals surface area contributed by atoms with Gasteiger partial charge in [-0.25, -0.2) is 9.97 Å². The van der Waals surface area contributed by atoms with Crippen LogP contribution in [0.3, 0.4) is 0 Å². The smallest absolute Gasteiger partial charge is 0.141 e. The van der Waals surface area contributed by atoms with Gasteiger partial charge in [0, 0.05) is 11.6 Å². The highest BCUT2D eigenvalue weighted by Crippen LogP contribution is 2.30. The number of phenolic OH excluding ortho intramolecular Hbond substituents is 1. The molecule has 0 spiro atoms. The summed E-state index contributed by atoms with van der Waals surface area (Å²) in [5, 5.41) is 22.0. The summed E-state index contributed by atoms with van der Waals surface area (Å²) in [6.45, 7) is 0. The Morgan fingerprint density at radius 2 is 1.85 bits per heavy atom. The zero-order valence-electron chi connectivity index (χ0n) is 14.4. The topological polar surface area (TPSA) is 108 Å². The summed E-state index contributed by atoms with van der Waals surface area (Å²) in [6, 6.07) is 13.5. The van der Waals surface area contributed by atoms with E-state index in [1.807, 2.05) is 12.1 Å². The van der Waals surface area contributed by atoms with Crippen LogP contribution in [0.25, 0.3) is 0 Å². The van der Waals surface area contributed by atoms with Gasteiger partial charge >= 0.3 is 0 Å². The molecule has 0 fully saturated rings. The van der Waals surface area contributed by atoms with Crippen molar-refractivity contribution in [3.05, 3.63) is 75.5 Å². The highest BCUT2D eigenvalue weighted by molar-refractivity contribution is 9.10. The van der Waals surface area contributed by atoms with Gasteiger partial charge in [0.1, 0.15) is 23.7 Å². The number of fused-ring (bicyclic) bond motifs is 1. The second-order valence-electron chi connectivity index (χ2n) is 6.54. The number of nitrogens with one attached hydrogen (secondary N) is 2. The van der Waals surface area contributed by atoms with Crippen molar-refractivity contribution >= 4 is 33.3 Å². The third-order valence-corrected chi connectivity index (χ3v) is 5.42. The molecule has 0 saturated heterocycles. The number of rotatable bonds is 4. The molecule has 0 bridgehead atoms. The number of phenols is 1. The highest BCUT2D eigenvalue weighted by atomic mass is 79.9. The molecule has 0 amide bonds. The standard InChI is InChI=1S/C20H18BrN5O/c21-15-6-5-13(9-16(15)27)18(22)17-19(23)24-10-25-20(17)26-14-7-11-3-1-2-4-12(11)8-14/h1-6,9-10,14,22,27H,7-8H2,(H3,23,24,25,26). The molecule has 3 aromatic rings. The minimum atomic E-state index is 0.0634. The number of nitrogen functional groups attached to an aromatic ring is 1. The van der Waals surface area contributed by atoms with Gasteiger partial charge in [-0.3, -0.25) is 5.41 Å². The summed E-state index contributed by atoms with van der Waals surface area (Å²) in [4.78, 5) is 8.39. The van der Waals surface area contributed by atoms with E-state index in [0.29, 0.717) is 21.4 Å². The molecule has 0 radical (unpaired) electrons. The van der Waals surface area contributed by atoms with Crippen molar-refractivity contribution in [2.24, 2.45) is 0 Å². The predicted octanol–water partition coefficient (Wildman–Crippen LogP) is 3.52. The summed E-state index contributed by atoms with van der Waals surface area (Å²) >= 11 is 3.25. The van der Waals surface area contributed by atoms with Crippen molar-refractivity contribution in [1.29, 1.82) is 5.41 Å². The Balaban J connectivity index is 1.64. The van der Waals surface area contributed by atoms with Crippen molar-refractivity contribution < 1.29 is 5.11 Å². The minimum Gasteiger partial charge on any atom is -0.507 e. The monoisotopic (exact) mass is 423 g/mol. The first-order chi connectivity index (χ1) is 13.0. The van der Waals surface area contributed by atoms with Crippen molar-refractivity contribution in [2.45, 2.75) is 18.9 Å². The average Bonchev–Trinajstić information content (AvgIpc) is 3.06. The molecular weight excluding hydrogens is 406 g/mol. The van der Waals surface area contributed by atoms with Gasteiger partial charge in [-0.2, -0.15) is 0 Å². The van der Waals surface area contributed by atoms with Crippen LogP contribution in [0, 0.1) is 5.41 Å². The molecule has 1 heterocycles. The fraction of sp³-hybridized carbons (Fsp3) is 0.150. The van der Waals surface area contributed by atoms with Crippen molar-refractivity contribution in [2.75, 3.05) is 11.1 Å². The van der Waals surface area contributed by atoms with Gasteiger partial charge < -0.3 is 16.2 Å². The van der Waals surface area contributed by atoms with Gasteiger partial charge in [-0.15, -0.1) is 0 Å². The van der Waals surface area contributed by atoms with Crippen LogP contribution in [0.1, 0.15) is 22.3 Å². The van der Waals surface area contributed by atoms with Gasteiger partial charge in [-0.1, -0.05) is 30.3 Å². The maximum Gasteiger partial charge on any atom is 0.141 e. The molecule has 27 heavy (non-hydrogen) atoms. The number of anilines is 2. The van der Waals surface area contributed by atoms with Crippen LogP contribution in [-0.4, -0.2) is 26.8 Å². The zero-order valence-corrected chi connectivity index (χ0v) is 16.0. The minimum absolute atomic E-state index is 0.0634. The van der Waals surface area contributed by atoms with E-state index in [1.54, 1.807) is 12.1 Å². The molecule has 6 nitrogen and oxygen atoms in total. The number of hydrogen-bond acceptors (Lipinski definition) is 6. The van der Waals surface area contributed by atoms with Crippen molar-refractivity contribution in [3.8, 4) is 5.75 Å². The lowest BCUT2D eigenvalue weighted by Crippen LogP contribution is -2.23. The van der Waals surface area contributed by atoms with Crippen LogP contribution in [0.4, 0.5) is 11.6 Å². The fourth-order valence-electron chi connectivity index (χ4n) is 3.42. The quantitative estimate of drug-likeness (QED) is 0.480. The summed E-state index contributed by atoms with van der Waals surface area (Å²) in [5.41, 5.74) is 9.87. The third kappa shape index (κ3) is 3.38. The van der Waals surface area contributed by atoms with Gasteiger partial charge in [-0.05, 0) is 52.0 Å². The van der Waals surface area contributed by atoms with E-state index in [9.17, 15) is 5.11 Å². The van der Waals surface area contributed by atoms with E-state index >= 15 is 0 Å². The Bertz CT molecular complexity index is 1010. The maximum atomic E-state index is 9.94. The molecule has 0 unspecified atom stereocenters. The number of aromatic hydroxyl groups is 1. The zero-order chi connectivity index (χ0) is 19.0. The molecule has 2 aromatic carbocycles. The largest absolute Gasteiger partial charge is 0.507 e. The van der Waals surface area contributed by atoms with Gasteiger partial charge in [0.05, 0.1) is 15.7 Å². The molecule has 0 aliphatic heterocycles. The number of nitrogens with two attached hydrogens (primary N) is 1. The molecule has 1 aromatic heterocycles. The van der Waals surface area contributed by atoms with Crippen molar-refractivity contribution in [3.63, 3.8) is 0 Å². The van der Waals surface area contributed by atoms with Crippen LogP contribution in [0.2, 0.25) is 0 Å². The normalized spacial score (nSPS) is 13.4. The summed E-state index contributed by atoms with van der Waals surface area (Å²) < 4.78 is 0.568. The van der Waals surface area contributed by atoms with E-state index in [0.717, 1.165) is 12.8 Å². The Labute approximate surface area is 165 Å². The maximum absolute atomic E-state index is 9.94. The first kappa shape index (κ1) is 17.5. The molecule has 4 rings (SSSR count). The van der Waals surface area contributed by atoms with Crippen LogP contribution < -0.4 is 11.1 Å². The number of hydrogen-bond donors (Lipinski definition) is 4. The highest BCUT2D eigenvalue weighted by Gasteiger charge is 2.24. The molecule has 136 valence electrons. The Morgan fingerprint density at radius 1 is 1.15 bits per heavy atom. The summed E-state index contributed by atoms with van der Waals surface area (Å²) in [7, 11) is 0. The van der Waals surface area contributed by atoms with E-state index in [2.05, 4.69) is 43.3 Å². The lowest BCUT2D eigenvalue weighted by atomic mass is 10.0. The molecule has 5 N–H and O–H groups in total. The molecular formula is C20H18BrN5O. The Kier molecular flexibility index (Phi) is 4.53. The van der Waals surface area contributed by atoms with E-state index in [1.165, 1.54) is 23.5 Å². The van der Waals surface area contributed by atoms with Crippen LogP contribution in [0.15, 0.2) is 53.3 Å². The predicted molar refractivity (Wildman–Crippen MR) is 109 cm³/mol. The second kappa shape index (κ2) is 7.00. The summed E-state index contributed by atoms with van der Waals surface area (Å²) in [6.07, 6.45) is 3.19. The first-order valence-corrected chi connectivity index (χ1v) is 9.34. The van der Waals surface area contributed by atoms with Gasteiger partial charge in [0.25, 0.3) is 0 Å². The van der Waals surface area contributed by atoms with Gasteiger partial charge in [0.2, 0.25) is 0 Å². The van der Waals surface area contributed by atoms with E-state index in [-0.39, 0.29) is 23.3 Å². The van der Waals surface area contributed by atoms with Crippen LogP contribution in [-0.2, 0) is 12.8 Å². The lowest BCUT2D eigenvalue weighted by molar-refractivity contribution is 0.472. The molecule has 0 saturated carbocycles. The Morgan fingerprint density at radius 3 is 2.52 bits per heavy atom. The fourth-order valence-corrected chi connectivity index (χ4v) is 3.67. The number of halogens is 1. The number of benzene rings is 2. The number of aromatic nitrogens is 2. The summed E-state index contributed by atoms with van der Waals surface area (Å²) in [5.74, 6) is 0.830. The molecule has 1 aliphatic carbocycles. The molecule has 1 aliphatic rings. The molecule has 7 heteroatoms. The van der Waals surface area contributed by atoms with Gasteiger partial charge in [0.15, 0.2) is 0 Å². The average molecular weight is 424 g/mol. The first-order valence-electron chi connectivity index (χ1n) is 8.54. The lowest BCUT2D eigenvalue weighted by Gasteiger charge is -2.17. The van der Waals surface area contributed by atoms with Crippen LogP contribution in [0.5, 0.6) is 5.75 Å².